The van der Waals surface area contributed by atoms with E-state index in [4.69, 9.17) is 22.1 Å². The number of carbonyl (C=O) groups excluding carboxylic acids is 3. The van der Waals surface area contributed by atoms with Gasteiger partial charge < -0.3 is 20.7 Å². The highest BCUT2D eigenvalue weighted by Crippen LogP contribution is 2.25. The summed E-state index contributed by atoms with van der Waals surface area (Å²) in [4.78, 5) is 37.3. The number of ether oxygens (including phenoxy) is 1. The van der Waals surface area contributed by atoms with Gasteiger partial charge in [-0.1, -0.05) is 29.8 Å². The molecule has 0 aliphatic carbocycles. The molecule has 1 rings (SSSR count). The minimum Gasteiger partial charge on any atom is -0.455 e. The number of amides is 3. The zero-order chi connectivity index (χ0) is 19.9. The minimum atomic E-state index is -0.787. The van der Waals surface area contributed by atoms with E-state index in [2.05, 4.69) is 5.32 Å². The molecule has 7 nitrogen and oxygen atoms in total. The molecule has 0 aromatic heterocycles. The molecule has 0 spiro atoms. The van der Waals surface area contributed by atoms with E-state index < -0.39 is 18.0 Å². The summed E-state index contributed by atoms with van der Waals surface area (Å²) in [6.07, 6.45) is -0.191. The Balaban J connectivity index is 2.74. The molecule has 0 saturated carbocycles. The average molecular weight is 384 g/mol. The zero-order valence-corrected chi connectivity index (χ0v) is 16.2. The fourth-order valence-electron chi connectivity index (χ4n) is 2.78. The van der Waals surface area contributed by atoms with Crippen LogP contribution >= 0.6 is 11.6 Å². The molecule has 0 bridgehead atoms. The van der Waals surface area contributed by atoms with Crippen molar-refractivity contribution in [2.24, 2.45) is 5.73 Å². The van der Waals surface area contributed by atoms with Gasteiger partial charge in [0.05, 0.1) is 12.5 Å². The molecule has 3 amide bonds. The number of carbonyl (C=O) groups is 3. The van der Waals surface area contributed by atoms with E-state index >= 15 is 0 Å². The van der Waals surface area contributed by atoms with Crippen LogP contribution in [0.15, 0.2) is 24.3 Å². The summed E-state index contributed by atoms with van der Waals surface area (Å²) in [5, 5.41) is 2.86. The largest absolute Gasteiger partial charge is 0.455 e. The molecule has 0 saturated heterocycles. The quantitative estimate of drug-likeness (QED) is 0.673. The van der Waals surface area contributed by atoms with Crippen LogP contribution in [0, 0.1) is 0 Å². The number of nitrogens with two attached hydrogens (primary N) is 1. The maximum atomic E-state index is 12.3. The first kappa shape index (κ1) is 21.8. The maximum Gasteiger partial charge on any atom is 0.312 e. The molecule has 0 heterocycles. The highest BCUT2D eigenvalue weighted by atomic mass is 35.5. The van der Waals surface area contributed by atoms with Gasteiger partial charge in [-0.25, -0.2) is 4.79 Å². The highest BCUT2D eigenvalue weighted by molar-refractivity contribution is 6.31. The number of esters is 1. The summed E-state index contributed by atoms with van der Waals surface area (Å²) in [7, 11) is 0. The first-order valence-electron chi connectivity index (χ1n) is 8.40. The second kappa shape index (κ2) is 10.0. The van der Waals surface area contributed by atoms with Crippen molar-refractivity contribution in [3.05, 3.63) is 34.9 Å². The van der Waals surface area contributed by atoms with Gasteiger partial charge >= 0.3 is 12.0 Å². The van der Waals surface area contributed by atoms with Crippen molar-refractivity contribution in [3.8, 4) is 0 Å². The van der Waals surface area contributed by atoms with E-state index in [0.717, 1.165) is 0 Å². The first-order chi connectivity index (χ1) is 12.1. The number of primary amides is 1. The number of rotatable bonds is 8. The maximum absolute atomic E-state index is 12.3. The van der Waals surface area contributed by atoms with Gasteiger partial charge in [0.2, 0.25) is 0 Å². The highest BCUT2D eigenvalue weighted by Gasteiger charge is 2.24. The molecule has 1 aromatic rings. The first-order valence-corrected chi connectivity index (χ1v) is 8.78. The summed E-state index contributed by atoms with van der Waals surface area (Å²) in [5.74, 6) is -0.912. The molecular formula is C18H26ClN3O4. The molecule has 0 aliphatic rings. The van der Waals surface area contributed by atoms with E-state index in [1.165, 1.54) is 0 Å². The van der Waals surface area contributed by atoms with Crippen LogP contribution in [0.2, 0.25) is 5.02 Å². The third-order valence-corrected chi connectivity index (χ3v) is 4.07. The summed E-state index contributed by atoms with van der Waals surface area (Å²) in [6, 6.07) is 5.25. The summed E-state index contributed by atoms with van der Waals surface area (Å²) >= 11 is 6.12. The van der Waals surface area contributed by atoms with E-state index in [1.54, 1.807) is 29.2 Å². The third-order valence-electron chi connectivity index (χ3n) is 3.73. The Hall–Kier alpha value is -2.28. The monoisotopic (exact) mass is 383 g/mol. The molecule has 1 atom stereocenters. The van der Waals surface area contributed by atoms with Crippen molar-refractivity contribution >= 4 is 29.5 Å². The van der Waals surface area contributed by atoms with E-state index in [-0.39, 0.29) is 31.0 Å². The Morgan fingerprint density at radius 3 is 2.23 bits per heavy atom. The van der Waals surface area contributed by atoms with Gasteiger partial charge in [0.15, 0.2) is 6.61 Å². The molecule has 0 fully saturated rings. The summed E-state index contributed by atoms with van der Waals surface area (Å²) in [5.41, 5.74) is 5.72. The van der Waals surface area contributed by atoms with Crippen molar-refractivity contribution in [1.29, 1.82) is 0 Å². The van der Waals surface area contributed by atoms with Crippen LogP contribution in [-0.2, 0) is 14.3 Å². The molecule has 1 aromatic carbocycles. The summed E-state index contributed by atoms with van der Waals surface area (Å²) in [6.45, 7) is 7.21. The SMILES string of the molecule is CC(C)N(C(=O)COC(=O)C[C@@H](NC(N)=O)c1ccccc1Cl)C(C)C. The zero-order valence-electron chi connectivity index (χ0n) is 15.5. The van der Waals surface area contributed by atoms with Crippen LogP contribution in [-0.4, -0.2) is 41.5 Å². The van der Waals surface area contributed by atoms with Gasteiger partial charge in [-0.05, 0) is 39.3 Å². The Labute approximate surface area is 158 Å². The van der Waals surface area contributed by atoms with E-state index in [9.17, 15) is 14.4 Å². The number of nitrogens with zero attached hydrogens (tertiary/aromatic N) is 1. The predicted octanol–water partition coefficient (Wildman–Crippen LogP) is 2.63. The lowest BCUT2D eigenvalue weighted by molar-refractivity contribution is -0.154. The van der Waals surface area contributed by atoms with Gasteiger partial charge in [-0.3, -0.25) is 9.59 Å². The number of hydrogen-bond acceptors (Lipinski definition) is 4. The van der Waals surface area contributed by atoms with Crippen molar-refractivity contribution in [2.75, 3.05) is 6.61 Å². The van der Waals surface area contributed by atoms with Crippen LogP contribution in [0.4, 0.5) is 4.79 Å². The van der Waals surface area contributed by atoms with Crippen molar-refractivity contribution < 1.29 is 19.1 Å². The average Bonchev–Trinajstić information content (AvgIpc) is 2.51. The smallest absolute Gasteiger partial charge is 0.312 e. The second-order valence-corrected chi connectivity index (χ2v) is 6.84. The van der Waals surface area contributed by atoms with Crippen LogP contribution in [0.5, 0.6) is 0 Å². The molecule has 144 valence electrons. The van der Waals surface area contributed by atoms with Crippen LogP contribution in [0.1, 0.15) is 45.7 Å². The molecule has 0 aliphatic heterocycles. The number of halogens is 1. The van der Waals surface area contributed by atoms with Gasteiger partial charge in [-0.2, -0.15) is 0 Å². The topological polar surface area (TPSA) is 102 Å². The molecule has 8 heteroatoms. The molecule has 0 radical (unpaired) electrons. The third kappa shape index (κ3) is 6.55. The fraction of sp³-hybridized carbons (Fsp3) is 0.500. The van der Waals surface area contributed by atoms with Gasteiger partial charge in [0.1, 0.15) is 0 Å². The fourth-order valence-corrected chi connectivity index (χ4v) is 3.05. The van der Waals surface area contributed by atoms with Gasteiger partial charge in [0.25, 0.3) is 5.91 Å². The van der Waals surface area contributed by atoms with E-state index in [0.29, 0.717) is 10.6 Å². The van der Waals surface area contributed by atoms with Crippen molar-refractivity contribution in [1.82, 2.24) is 10.2 Å². The Morgan fingerprint density at radius 2 is 1.73 bits per heavy atom. The van der Waals surface area contributed by atoms with Crippen LogP contribution in [0.25, 0.3) is 0 Å². The second-order valence-electron chi connectivity index (χ2n) is 6.44. The Morgan fingerprint density at radius 1 is 1.15 bits per heavy atom. The molecule has 0 unspecified atom stereocenters. The standard InChI is InChI=1S/C18H26ClN3O4/c1-11(2)22(12(3)4)16(23)10-26-17(24)9-15(21-18(20)25)13-7-5-6-8-14(13)19/h5-8,11-12,15H,9-10H2,1-4H3,(H3,20,21,25)/t15-/m1/s1. The Bertz CT molecular complexity index is 641. The molecule has 26 heavy (non-hydrogen) atoms. The van der Waals surface area contributed by atoms with Gasteiger partial charge in [-0.15, -0.1) is 0 Å². The number of benzene rings is 1. The molecular weight excluding hydrogens is 358 g/mol. The minimum absolute atomic E-state index is 0.00592. The number of urea groups is 1. The van der Waals surface area contributed by atoms with Gasteiger partial charge in [0, 0.05) is 17.1 Å². The normalized spacial score (nSPS) is 12.0. The van der Waals surface area contributed by atoms with Crippen molar-refractivity contribution in [2.45, 2.75) is 52.2 Å². The van der Waals surface area contributed by atoms with E-state index in [1.807, 2.05) is 27.7 Å². The summed E-state index contributed by atoms with van der Waals surface area (Å²) < 4.78 is 5.09. The van der Waals surface area contributed by atoms with Crippen LogP contribution < -0.4 is 11.1 Å². The number of hydrogen-bond donors (Lipinski definition) is 2. The lowest BCUT2D eigenvalue weighted by Gasteiger charge is -2.30. The lowest BCUT2D eigenvalue weighted by atomic mass is 10.0. The van der Waals surface area contributed by atoms with Crippen LogP contribution in [0.3, 0.4) is 0 Å². The predicted molar refractivity (Wildman–Crippen MR) is 99.6 cm³/mol. The number of nitrogens with one attached hydrogen (secondary N) is 1. The molecule has 3 N–H and O–H groups in total. The Kier molecular flexibility index (Phi) is 8.38. The lowest BCUT2D eigenvalue weighted by Crippen LogP contribution is -2.44. The van der Waals surface area contributed by atoms with Crippen molar-refractivity contribution in [3.63, 3.8) is 0 Å².